The fourth-order valence-electron chi connectivity index (χ4n) is 4.36. The maximum atomic E-state index is 12.9. The first-order chi connectivity index (χ1) is 21.9. The number of hydrazone groups is 2. The molecule has 0 aliphatic heterocycles. The molecular weight excluding hydrogens is 643 g/mol. The Hall–Kier alpha value is -5.68. The van der Waals surface area contributed by atoms with E-state index in [-0.39, 0.29) is 33.9 Å². The number of nitrogens with zero attached hydrogens (tertiary/aromatic N) is 4. The molecule has 3 aromatic carbocycles. The van der Waals surface area contributed by atoms with E-state index in [1.165, 1.54) is 48.5 Å². The molecule has 10 N–H and O–H groups in total. The molecule has 234 valence electrons. The summed E-state index contributed by atoms with van der Waals surface area (Å²) in [5.41, 5.74) is 13.0. The van der Waals surface area contributed by atoms with E-state index in [0.717, 1.165) is 0 Å². The van der Waals surface area contributed by atoms with Crippen LogP contribution in [0, 0.1) is 0 Å². The molecule has 2 heterocycles. The van der Waals surface area contributed by atoms with Crippen LogP contribution in [0.1, 0.15) is 34.7 Å². The molecule has 0 fully saturated rings. The van der Waals surface area contributed by atoms with Crippen LogP contribution in [0.2, 0.25) is 10.0 Å². The molecular formula is C28H22Cl2N10O6. The average molecular weight is 665 g/mol. The van der Waals surface area contributed by atoms with E-state index in [0.29, 0.717) is 32.1 Å². The van der Waals surface area contributed by atoms with Crippen LogP contribution in [0.3, 0.4) is 0 Å². The van der Waals surface area contributed by atoms with Crippen molar-refractivity contribution < 1.29 is 19.8 Å². The second kappa shape index (κ2) is 13.1. The Morgan fingerprint density at radius 1 is 0.696 bits per heavy atom. The number of carbonyl (C=O) groups excluding carboxylic acids is 2. The number of primary amides is 2. The molecule has 2 atom stereocenters. The van der Waals surface area contributed by atoms with Crippen LogP contribution in [0.25, 0.3) is 22.1 Å². The van der Waals surface area contributed by atoms with Gasteiger partial charge in [0.1, 0.15) is 23.6 Å². The predicted octanol–water partition coefficient (Wildman–Crippen LogP) is 1.68. The van der Waals surface area contributed by atoms with Gasteiger partial charge in [-0.15, -0.1) is 0 Å². The van der Waals surface area contributed by atoms with Crippen LogP contribution in [-0.4, -0.2) is 53.6 Å². The van der Waals surface area contributed by atoms with Gasteiger partial charge in [0, 0.05) is 10.0 Å². The van der Waals surface area contributed by atoms with Crippen LogP contribution in [0.4, 0.5) is 9.59 Å². The minimum atomic E-state index is -1.64. The molecule has 4 amide bonds. The fraction of sp³-hybridized carbons (Fsp3) is 0.0714. The number of aliphatic hydroxyl groups excluding tert-OH is 2. The normalized spacial score (nSPS) is 13.4. The highest BCUT2D eigenvalue weighted by Crippen LogP contribution is 2.24. The highest BCUT2D eigenvalue weighted by atomic mass is 35.5. The summed E-state index contributed by atoms with van der Waals surface area (Å²) >= 11 is 12.0. The summed E-state index contributed by atoms with van der Waals surface area (Å²) in [5, 5.41) is 30.9. The fourth-order valence-corrected chi connectivity index (χ4v) is 4.70. The summed E-state index contributed by atoms with van der Waals surface area (Å²) in [6.07, 6.45) is -3.28. The third kappa shape index (κ3) is 6.84. The van der Waals surface area contributed by atoms with E-state index in [9.17, 15) is 29.4 Å². The van der Waals surface area contributed by atoms with Gasteiger partial charge in [0.15, 0.2) is 11.4 Å². The van der Waals surface area contributed by atoms with Crippen LogP contribution >= 0.6 is 23.2 Å². The number of nitrogens with one attached hydrogen (secondary N) is 4. The second-order valence-electron chi connectivity index (χ2n) is 9.57. The van der Waals surface area contributed by atoms with E-state index in [1.807, 2.05) is 10.9 Å². The zero-order valence-electron chi connectivity index (χ0n) is 23.2. The van der Waals surface area contributed by atoms with E-state index >= 15 is 0 Å². The number of aromatic amines is 2. The molecule has 0 bridgehead atoms. The molecule has 0 saturated carbocycles. The number of H-pyrrole nitrogens is 2. The van der Waals surface area contributed by atoms with Gasteiger partial charge in [-0.25, -0.2) is 30.4 Å². The number of amides is 4. The van der Waals surface area contributed by atoms with Gasteiger partial charge in [-0.1, -0.05) is 47.5 Å². The van der Waals surface area contributed by atoms with Crippen molar-refractivity contribution in [1.29, 1.82) is 0 Å². The molecule has 5 aromatic rings. The lowest BCUT2D eigenvalue weighted by Gasteiger charge is -2.17. The van der Waals surface area contributed by atoms with Crippen LogP contribution < -0.4 is 33.4 Å². The van der Waals surface area contributed by atoms with Gasteiger partial charge in [0.25, 0.3) is 11.1 Å². The van der Waals surface area contributed by atoms with Gasteiger partial charge in [0.2, 0.25) is 0 Å². The van der Waals surface area contributed by atoms with E-state index in [4.69, 9.17) is 34.7 Å². The number of hydrogen-bond donors (Lipinski definition) is 8. The Morgan fingerprint density at radius 2 is 1.07 bits per heavy atom. The minimum Gasteiger partial charge on any atom is -0.382 e. The maximum Gasteiger partial charge on any atom is 0.332 e. The SMILES string of the molecule is NC(=O)N/N=C(/c1nc2ccc(Cl)cc2[nH]c1=O)[C@@H](O)c1ccc([C@@H](O)/C(=N/NC(N)=O)c2nc3ccc(Cl)cc3[nH]c2=O)cc1. The maximum absolute atomic E-state index is 12.9. The monoisotopic (exact) mass is 664 g/mol. The van der Waals surface area contributed by atoms with Gasteiger partial charge < -0.3 is 31.6 Å². The number of aliphatic hydroxyl groups is 2. The number of carbonyl (C=O) groups is 2. The zero-order valence-corrected chi connectivity index (χ0v) is 24.7. The Labute approximate surface area is 266 Å². The molecule has 0 spiro atoms. The summed E-state index contributed by atoms with van der Waals surface area (Å²) in [4.78, 5) is 62.5. The molecule has 0 radical (unpaired) electrons. The van der Waals surface area contributed by atoms with Crippen molar-refractivity contribution in [2.45, 2.75) is 12.2 Å². The first-order valence-electron chi connectivity index (χ1n) is 13.0. The third-order valence-electron chi connectivity index (χ3n) is 6.45. The number of urea groups is 2. The molecule has 0 aliphatic rings. The lowest BCUT2D eigenvalue weighted by molar-refractivity contribution is 0.240. The highest BCUT2D eigenvalue weighted by Gasteiger charge is 2.26. The molecule has 0 aliphatic carbocycles. The van der Waals surface area contributed by atoms with Crippen LogP contribution in [0.5, 0.6) is 0 Å². The largest absolute Gasteiger partial charge is 0.382 e. The molecule has 0 unspecified atom stereocenters. The highest BCUT2D eigenvalue weighted by molar-refractivity contribution is 6.31. The summed E-state index contributed by atoms with van der Waals surface area (Å²) < 4.78 is 0. The van der Waals surface area contributed by atoms with Crippen molar-refractivity contribution >= 4 is 68.8 Å². The van der Waals surface area contributed by atoms with E-state index < -0.39 is 35.4 Å². The minimum absolute atomic E-state index is 0.144. The van der Waals surface area contributed by atoms with Crippen molar-refractivity contribution in [1.82, 2.24) is 30.8 Å². The molecule has 18 heteroatoms. The number of benzene rings is 3. The number of aromatic nitrogens is 4. The van der Waals surface area contributed by atoms with Gasteiger partial charge in [0.05, 0.1) is 22.1 Å². The average Bonchev–Trinajstić information content (AvgIpc) is 3.01. The zero-order chi connectivity index (χ0) is 33.1. The number of nitrogens with two attached hydrogens (primary N) is 2. The van der Waals surface area contributed by atoms with Gasteiger partial charge in [-0.05, 0) is 47.5 Å². The van der Waals surface area contributed by atoms with Gasteiger partial charge in [-0.2, -0.15) is 10.2 Å². The number of fused-ring (bicyclic) bond motifs is 2. The summed E-state index contributed by atoms with van der Waals surface area (Å²) in [7, 11) is 0. The van der Waals surface area contributed by atoms with Gasteiger partial charge in [-0.3, -0.25) is 9.59 Å². The van der Waals surface area contributed by atoms with E-state index in [1.54, 1.807) is 12.1 Å². The van der Waals surface area contributed by atoms with Crippen LogP contribution in [-0.2, 0) is 0 Å². The number of hydrogen-bond acceptors (Lipinski definition) is 10. The lowest BCUT2D eigenvalue weighted by Crippen LogP contribution is -2.31. The number of rotatable bonds is 8. The van der Waals surface area contributed by atoms with Gasteiger partial charge >= 0.3 is 12.1 Å². The third-order valence-corrected chi connectivity index (χ3v) is 6.92. The molecule has 5 rings (SSSR count). The summed E-state index contributed by atoms with van der Waals surface area (Å²) in [6, 6.07) is 12.5. The quantitative estimate of drug-likeness (QED) is 0.0890. The summed E-state index contributed by atoms with van der Waals surface area (Å²) in [6.45, 7) is 0. The smallest absolute Gasteiger partial charge is 0.332 e. The van der Waals surface area contributed by atoms with Crippen molar-refractivity contribution in [2.75, 3.05) is 0 Å². The topological polar surface area (TPSA) is 267 Å². The van der Waals surface area contributed by atoms with Crippen LogP contribution in [0.15, 0.2) is 80.5 Å². The van der Waals surface area contributed by atoms with E-state index in [2.05, 4.69) is 30.1 Å². The molecule has 16 nitrogen and oxygen atoms in total. The Bertz CT molecular complexity index is 2030. The van der Waals surface area contributed by atoms with Crippen molar-refractivity contribution in [3.8, 4) is 0 Å². The standard InChI is InChI=1S/C28H22Cl2N10O6/c29-13-5-7-15-17(9-13)35-25(43)21(33-15)19(37-39-27(31)45)23(41)11-1-2-12(4-3-11)24(42)20(38-40-28(32)46)22-26(44)36-18-10-14(30)6-8-16(18)34-22/h1-10,23-24,41-42H,(H,35,43)(H,36,44)(H3,31,39,45)(H3,32,40,46)/b37-19-,38-20+/t23-,24+/m0/s1. The second-order valence-corrected chi connectivity index (χ2v) is 10.4. The van der Waals surface area contributed by atoms with Crippen molar-refractivity contribution in [2.24, 2.45) is 21.7 Å². The Morgan fingerprint density at radius 3 is 1.41 bits per heavy atom. The first kappa shape index (κ1) is 31.7. The van der Waals surface area contributed by atoms with Crippen molar-refractivity contribution in [3.05, 3.63) is 114 Å². The Kier molecular flexibility index (Phi) is 9.06. The lowest BCUT2D eigenvalue weighted by atomic mass is 9.97. The summed E-state index contributed by atoms with van der Waals surface area (Å²) in [5.74, 6) is 0. The molecule has 0 saturated heterocycles. The molecule has 46 heavy (non-hydrogen) atoms. The molecule has 2 aromatic heterocycles. The number of halogens is 2. The Balaban J connectivity index is 1.51. The first-order valence-corrected chi connectivity index (χ1v) is 13.8. The predicted molar refractivity (Wildman–Crippen MR) is 170 cm³/mol. The van der Waals surface area contributed by atoms with Crippen molar-refractivity contribution in [3.63, 3.8) is 0 Å².